The molecule has 6 nitrogen and oxygen atoms in total. The predicted molar refractivity (Wildman–Crippen MR) is 73.1 cm³/mol. The Balaban J connectivity index is 2.16. The number of ether oxygens (including phenoxy) is 2. The number of fused-ring (bicyclic) bond motifs is 1. The molecule has 20 heavy (non-hydrogen) atoms. The van der Waals surface area contributed by atoms with E-state index in [1.807, 2.05) is 0 Å². The summed E-state index contributed by atoms with van der Waals surface area (Å²) in [4.78, 5) is 11.1. The fourth-order valence-electron chi connectivity index (χ4n) is 2.17. The first-order chi connectivity index (χ1) is 9.45. The summed E-state index contributed by atoms with van der Waals surface area (Å²) in [6.07, 6.45) is -0.177. The van der Waals surface area contributed by atoms with Gasteiger partial charge in [0.1, 0.15) is 17.6 Å². The molecule has 0 amide bonds. The third-order valence-electron chi connectivity index (χ3n) is 3.36. The van der Waals surface area contributed by atoms with Crippen molar-refractivity contribution in [2.45, 2.75) is 17.7 Å². The number of esters is 1. The molecular weight excluding hydrogens is 282 g/mol. The Kier molecular flexibility index (Phi) is 4.29. The van der Waals surface area contributed by atoms with E-state index < -0.39 is 27.1 Å². The van der Waals surface area contributed by atoms with Crippen molar-refractivity contribution >= 4 is 15.8 Å². The largest absolute Gasteiger partial charge is 0.492 e. The van der Waals surface area contributed by atoms with E-state index in [2.05, 4.69) is 4.74 Å². The van der Waals surface area contributed by atoms with Gasteiger partial charge < -0.3 is 15.2 Å². The third-order valence-corrected chi connectivity index (χ3v) is 5.49. The van der Waals surface area contributed by atoms with E-state index in [1.165, 1.54) is 7.11 Å². The Morgan fingerprint density at radius 3 is 2.85 bits per heavy atom. The molecule has 1 aromatic rings. The Bertz CT molecular complexity index is 599. The van der Waals surface area contributed by atoms with E-state index in [0.717, 1.165) is 0 Å². The minimum atomic E-state index is -3.53. The zero-order valence-corrected chi connectivity index (χ0v) is 11.9. The van der Waals surface area contributed by atoms with Gasteiger partial charge in [0.15, 0.2) is 9.84 Å². The van der Waals surface area contributed by atoms with Gasteiger partial charge >= 0.3 is 5.97 Å². The Hall–Kier alpha value is -1.60. The van der Waals surface area contributed by atoms with Crippen LogP contribution in [0.15, 0.2) is 24.3 Å². The van der Waals surface area contributed by atoms with Crippen molar-refractivity contribution in [3.05, 3.63) is 29.8 Å². The highest BCUT2D eigenvalue weighted by molar-refractivity contribution is 7.92. The number of hydrogen-bond acceptors (Lipinski definition) is 6. The smallest absolute Gasteiger partial charge is 0.306 e. The van der Waals surface area contributed by atoms with Crippen LogP contribution in [0.3, 0.4) is 0 Å². The van der Waals surface area contributed by atoms with Crippen LogP contribution in [-0.4, -0.2) is 39.1 Å². The van der Waals surface area contributed by atoms with Gasteiger partial charge in [-0.1, -0.05) is 18.2 Å². The summed E-state index contributed by atoms with van der Waals surface area (Å²) in [5.41, 5.74) is 6.71. The Morgan fingerprint density at radius 1 is 1.45 bits per heavy atom. The quantitative estimate of drug-likeness (QED) is 0.810. The van der Waals surface area contributed by atoms with Crippen molar-refractivity contribution in [2.24, 2.45) is 5.73 Å². The zero-order valence-electron chi connectivity index (χ0n) is 11.1. The van der Waals surface area contributed by atoms with Crippen LogP contribution in [0.2, 0.25) is 0 Å². The van der Waals surface area contributed by atoms with Crippen molar-refractivity contribution in [3.8, 4) is 5.75 Å². The number of sulfone groups is 1. The molecule has 1 aromatic carbocycles. The lowest BCUT2D eigenvalue weighted by atomic mass is 10.0. The van der Waals surface area contributed by atoms with Gasteiger partial charge in [0.05, 0.1) is 25.3 Å². The summed E-state index contributed by atoms with van der Waals surface area (Å²) in [7, 11) is -2.31. The standard InChI is InChI=1S/C13H17NO5S/c1-18-12(15)6-7-20(16,17)11-8-19-10-5-3-2-4-9(10)13(11)14/h2-5,11,13H,6-8,14H2,1H3. The fourth-order valence-corrected chi connectivity index (χ4v) is 3.79. The summed E-state index contributed by atoms with van der Waals surface area (Å²) >= 11 is 0. The van der Waals surface area contributed by atoms with Crippen LogP contribution in [0, 0.1) is 0 Å². The lowest BCUT2D eigenvalue weighted by Crippen LogP contribution is -2.42. The molecule has 110 valence electrons. The predicted octanol–water partition coefficient (Wildman–Crippen LogP) is 0.425. The zero-order chi connectivity index (χ0) is 14.8. The number of methoxy groups -OCH3 is 1. The molecular formula is C13H17NO5S. The number of carbonyl (C=O) groups excluding carboxylic acids is 1. The van der Waals surface area contributed by atoms with E-state index in [9.17, 15) is 13.2 Å². The molecule has 7 heteroatoms. The van der Waals surface area contributed by atoms with E-state index in [1.54, 1.807) is 24.3 Å². The van der Waals surface area contributed by atoms with Crippen LogP contribution in [0.25, 0.3) is 0 Å². The molecule has 0 saturated carbocycles. The number of nitrogens with two attached hydrogens (primary N) is 1. The monoisotopic (exact) mass is 299 g/mol. The van der Waals surface area contributed by atoms with Crippen LogP contribution in [0.5, 0.6) is 5.75 Å². The van der Waals surface area contributed by atoms with Gasteiger partial charge in [-0.05, 0) is 6.07 Å². The first kappa shape index (κ1) is 14.8. The molecule has 0 aromatic heterocycles. The summed E-state index contributed by atoms with van der Waals surface area (Å²) in [6, 6.07) is 6.44. The minimum Gasteiger partial charge on any atom is -0.492 e. The van der Waals surface area contributed by atoms with Gasteiger partial charge in [0.25, 0.3) is 0 Å². The molecule has 0 aliphatic carbocycles. The van der Waals surface area contributed by atoms with Gasteiger partial charge in [0, 0.05) is 5.56 Å². The summed E-state index contributed by atoms with van der Waals surface area (Å²) in [6.45, 7) is 0.00167. The highest BCUT2D eigenvalue weighted by Crippen LogP contribution is 2.33. The Labute approximate surface area is 117 Å². The second kappa shape index (κ2) is 5.80. The minimum absolute atomic E-state index is 0.00167. The highest BCUT2D eigenvalue weighted by atomic mass is 32.2. The molecule has 1 aliphatic heterocycles. The first-order valence-electron chi connectivity index (χ1n) is 6.21. The molecule has 0 saturated heterocycles. The molecule has 0 fully saturated rings. The summed E-state index contributed by atoms with van der Waals surface area (Å²) < 4.78 is 34.4. The molecule has 2 N–H and O–H groups in total. The van der Waals surface area contributed by atoms with E-state index >= 15 is 0 Å². The van der Waals surface area contributed by atoms with Crippen molar-refractivity contribution in [1.82, 2.24) is 0 Å². The third kappa shape index (κ3) is 2.94. The maximum atomic E-state index is 12.3. The van der Waals surface area contributed by atoms with Crippen LogP contribution in [0.1, 0.15) is 18.0 Å². The van der Waals surface area contributed by atoms with Gasteiger partial charge in [-0.25, -0.2) is 8.42 Å². The van der Waals surface area contributed by atoms with Gasteiger partial charge in [-0.2, -0.15) is 0 Å². The fraction of sp³-hybridized carbons (Fsp3) is 0.462. The normalized spacial score (nSPS) is 21.7. The van der Waals surface area contributed by atoms with Crippen molar-refractivity contribution in [1.29, 1.82) is 0 Å². The van der Waals surface area contributed by atoms with Crippen LogP contribution < -0.4 is 10.5 Å². The molecule has 0 bridgehead atoms. The van der Waals surface area contributed by atoms with E-state index in [0.29, 0.717) is 11.3 Å². The average Bonchev–Trinajstić information content (AvgIpc) is 2.45. The number of benzene rings is 1. The second-order valence-electron chi connectivity index (χ2n) is 4.61. The highest BCUT2D eigenvalue weighted by Gasteiger charge is 2.37. The molecule has 1 aliphatic rings. The average molecular weight is 299 g/mol. The second-order valence-corrected chi connectivity index (χ2v) is 6.95. The molecule has 0 spiro atoms. The molecule has 0 radical (unpaired) electrons. The number of rotatable bonds is 4. The van der Waals surface area contributed by atoms with Crippen molar-refractivity contribution in [3.63, 3.8) is 0 Å². The lowest BCUT2D eigenvalue weighted by molar-refractivity contribution is -0.140. The number of hydrogen-bond donors (Lipinski definition) is 1. The van der Waals surface area contributed by atoms with Crippen molar-refractivity contribution in [2.75, 3.05) is 19.5 Å². The molecule has 2 rings (SSSR count). The number of para-hydroxylation sites is 1. The maximum Gasteiger partial charge on any atom is 0.306 e. The van der Waals surface area contributed by atoms with Gasteiger partial charge in [0.2, 0.25) is 0 Å². The van der Waals surface area contributed by atoms with Crippen molar-refractivity contribution < 1.29 is 22.7 Å². The topological polar surface area (TPSA) is 95.7 Å². The van der Waals surface area contributed by atoms with E-state index in [-0.39, 0.29) is 18.8 Å². The lowest BCUT2D eigenvalue weighted by Gasteiger charge is -2.30. The molecule has 1 heterocycles. The molecule has 2 unspecified atom stereocenters. The summed E-state index contributed by atoms with van der Waals surface area (Å²) in [5, 5.41) is -0.845. The van der Waals surface area contributed by atoms with Crippen LogP contribution in [-0.2, 0) is 19.4 Å². The van der Waals surface area contributed by atoms with Crippen LogP contribution >= 0.6 is 0 Å². The van der Waals surface area contributed by atoms with Crippen LogP contribution in [0.4, 0.5) is 0 Å². The number of carbonyl (C=O) groups is 1. The van der Waals surface area contributed by atoms with E-state index in [4.69, 9.17) is 10.5 Å². The summed E-state index contributed by atoms with van der Waals surface area (Å²) in [5.74, 6) is -0.234. The van der Waals surface area contributed by atoms with Gasteiger partial charge in [-0.3, -0.25) is 4.79 Å². The maximum absolute atomic E-state index is 12.3. The Morgan fingerprint density at radius 2 is 2.15 bits per heavy atom. The first-order valence-corrected chi connectivity index (χ1v) is 7.93. The van der Waals surface area contributed by atoms with Gasteiger partial charge in [-0.15, -0.1) is 0 Å². The molecule has 2 atom stereocenters. The SMILES string of the molecule is COC(=O)CCS(=O)(=O)C1COc2ccccc2C1N.